The molecule has 0 amide bonds. The maximum Gasteiger partial charge on any atom is 0.0596 e. The fourth-order valence-corrected chi connectivity index (χ4v) is 1.98. The third-order valence-electron chi connectivity index (χ3n) is 2.85. The maximum atomic E-state index is 5.02. The molecule has 0 bridgehead atoms. The molecule has 0 aromatic carbocycles. The fourth-order valence-electron chi connectivity index (χ4n) is 1.98. The zero-order chi connectivity index (χ0) is 12.9. The smallest absolute Gasteiger partial charge is 0.0596 e. The van der Waals surface area contributed by atoms with Gasteiger partial charge in [0.25, 0.3) is 0 Å². The van der Waals surface area contributed by atoms with Crippen molar-refractivity contribution in [3.63, 3.8) is 0 Å². The first-order chi connectivity index (χ1) is 7.94. The van der Waals surface area contributed by atoms with E-state index in [2.05, 4.69) is 30.3 Å². The predicted octanol–water partition coefficient (Wildman–Crippen LogP) is 1.53. The second kappa shape index (κ2) is 6.17. The Morgan fingerprint density at radius 3 is 2.71 bits per heavy atom. The molecule has 0 aliphatic rings. The largest absolute Gasteiger partial charge is 0.383 e. The average molecular weight is 239 g/mol. The van der Waals surface area contributed by atoms with Gasteiger partial charge in [-0.25, -0.2) is 0 Å². The quantitative estimate of drug-likeness (QED) is 0.734. The minimum atomic E-state index is 0.230. The summed E-state index contributed by atoms with van der Waals surface area (Å²) in [6.45, 7) is 9.24. The normalized spacial score (nSPS) is 12.1. The Hall–Kier alpha value is -0.870. The van der Waals surface area contributed by atoms with Gasteiger partial charge in [0.15, 0.2) is 0 Å². The van der Waals surface area contributed by atoms with Gasteiger partial charge >= 0.3 is 0 Å². The highest BCUT2D eigenvalue weighted by Crippen LogP contribution is 2.21. The highest BCUT2D eigenvalue weighted by atomic mass is 16.5. The number of hydrogen-bond acceptors (Lipinski definition) is 3. The van der Waals surface area contributed by atoms with Crippen LogP contribution in [0, 0.1) is 12.3 Å². The van der Waals surface area contributed by atoms with Gasteiger partial charge in [-0.15, -0.1) is 0 Å². The van der Waals surface area contributed by atoms with E-state index >= 15 is 0 Å². The summed E-state index contributed by atoms with van der Waals surface area (Å²) >= 11 is 0. The summed E-state index contributed by atoms with van der Waals surface area (Å²) in [5, 5.41) is 7.80. The lowest BCUT2D eigenvalue weighted by molar-refractivity contribution is 0.193. The van der Waals surface area contributed by atoms with Crippen LogP contribution < -0.4 is 5.32 Å². The molecular formula is C13H25N3O. The van der Waals surface area contributed by atoms with Gasteiger partial charge in [-0.1, -0.05) is 13.8 Å². The number of ether oxygens (including phenoxy) is 1. The lowest BCUT2D eigenvalue weighted by Crippen LogP contribution is -2.33. The van der Waals surface area contributed by atoms with Crippen LogP contribution in [0.25, 0.3) is 0 Å². The van der Waals surface area contributed by atoms with Crippen molar-refractivity contribution in [2.45, 2.75) is 27.2 Å². The number of rotatable bonds is 7. The second-order valence-corrected chi connectivity index (χ2v) is 5.41. The number of nitrogens with zero attached hydrogens (tertiary/aromatic N) is 2. The van der Waals surface area contributed by atoms with Crippen molar-refractivity contribution in [2.24, 2.45) is 12.5 Å². The maximum absolute atomic E-state index is 5.02. The summed E-state index contributed by atoms with van der Waals surface area (Å²) in [5.41, 5.74) is 2.61. The molecular weight excluding hydrogens is 214 g/mol. The van der Waals surface area contributed by atoms with Crippen LogP contribution in [-0.2, 0) is 18.2 Å². The van der Waals surface area contributed by atoms with Crippen molar-refractivity contribution in [2.75, 3.05) is 26.8 Å². The average Bonchev–Trinajstić information content (AvgIpc) is 2.52. The third kappa shape index (κ3) is 4.88. The van der Waals surface area contributed by atoms with E-state index in [0.717, 1.165) is 31.8 Å². The van der Waals surface area contributed by atoms with Gasteiger partial charge in [0.05, 0.1) is 12.3 Å². The molecule has 1 aromatic heterocycles. The molecule has 4 nitrogen and oxygen atoms in total. The van der Waals surface area contributed by atoms with Crippen LogP contribution in [0.5, 0.6) is 0 Å². The molecule has 1 aromatic rings. The summed E-state index contributed by atoms with van der Waals surface area (Å²) in [5.74, 6) is 0. The molecule has 0 saturated heterocycles. The first-order valence-corrected chi connectivity index (χ1v) is 6.14. The zero-order valence-electron chi connectivity index (χ0n) is 11.7. The molecule has 0 saturated carbocycles. The number of aryl methyl sites for hydroxylation is 2. The first-order valence-electron chi connectivity index (χ1n) is 6.14. The van der Waals surface area contributed by atoms with Gasteiger partial charge in [0.1, 0.15) is 0 Å². The van der Waals surface area contributed by atoms with Gasteiger partial charge in [-0.05, 0) is 24.8 Å². The van der Waals surface area contributed by atoms with Gasteiger partial charge < -0.3 is 10.1 Å². The lowest BCUT2D eigenvalue weighted by atomic mass is 9.87. The van der Waals surface area contributed by atoms with Gasteiger partial charge in [0, 0.05) is 32.9 Å². The van der Waals surface area contributed by atoms with Crippen LogP contribution in [-0.4, -0.2) is 36.6 Å². The second-order valence-electron chi connectivity index (χ2n) is 5.41. The highest BCUT2D eigenvalue weighted by Gasteiger charge is 2.20. The van der Waals surface area contributed by atoms with E-state index in [1.165, 1.54) is 5.69 Å². The molecule has 17 heavy (non-hydrogen) atoms. The zero-order valence-corrected chi connectivity index (χ0v) is 11.7. The Morgan fingerprint density at radius 2 is 2.18 bits per heavy atom. The van der Waals surface area contributed by atoms with Crippen molar-refractivity contribution >= 4 is 0 Å². The Balaban J connectivity index is 2.45. The van der Waals surface area contributed by atoms with Gasteiger partial charge in [-0.3, -0.25) is 4.68 Å². The summed E-state index contributed by atoms with van der Waals surface area (Å²) in [6.07, 6.45) is 1.03. The molecule has 0 aliphatic heterocycles. The minimum Gasteiger partial charge on any atom is -0.383 e. The number of aromatic nitrogens is 2. The Labute approximate surface area is 104 Å². The van der Waals surface area contributed by atoms with E-state index in [0.29, 0.717) is 0 Å². The predicted molar refractivity (Wildman–Crippen MR) is 70.2 cm³/mol. The molecule has 0 spiro atoms. The van der Waals surface area contributed by atoms with Crippen molar-refractivity contribution in [3.8, 4) is 0 Å². The van der Waals surface area contributed by atoms with E-state index in [1.54, 1.807) is 7.11 Å². The molecule has 98 valence electrons. The van der Waals surface area contributed by atoms with Crippen LogP contribution in [0.1, 0.15) is 25.2 Å². The molecule has 4 heteroatoms. The summed E-state index contributed by atoms with van der Waals surface area (Å²) in [4.78, 5) is 0. The Morgan fingerprint density at radius 1 is 1.47 bits per heavy atom. The van der Waals surface area contributed by atoms with E-state index in [1.807, 2.05) is 18.7 Å². The molecule has 1 N–H and O–H groups in total. The first kappa shape index (κ1) is 14.2. The SMILES string of the molecule is COCCNCC(C)(C)Cc1cc(C)nn1C. The van der Waals surface area contributed by atoms with Crippen molar-refractivity contribution in [1.82, 2.24) is 15.1 Å². The standard InChI is InChI=1S/C13H25N3O/c1-11-8-12(16(4)15-11)9-13(2,3)10-14-6-7-17-5/h8,14H,6-7,9-10H2,1-5H3. The summed E-state index contributed by atoms with van der Waals surface area (Å²) in [7, 11) is 3.74. The van der Waals surface area contributed by atoms with Crippen LogP contribution in [0.4, 0.5) is 0 Å². The van der Waals surface area contributed by atoms with E-state index < -0.39 is 0 Å². The van der Waals surface area contributed by atoms with E-state index in [4.69, 9.17) is 4.74 Å². The lowest BCUT2D eigenvalue weighted by Gasteiger charge is -2.25. The van der Waals surface area contributed by atoms with Crippen LogP contribution in [0.3, 0.4) is 0 Å². The molecule has 0 atom stereocenters. The number of nitrogens with one attached hydrogen (secondary N) is 1. The van der Waals surface area contributed by atoms with Crippen molar-refractivity contribution in [1.29, 1.82) is 0 Å². The van der Waals surface area contributed by atoms with E-state index in [9.17, 15) is 0 Å². The van der Waals surface area contributed by atoms with Crippen molar-refractivity contribution in [3.05, 3.63) is 17.5 Å². The molecule has 1 rings (SSSR count). The molecule has 0 radical (unpaired) electrons. The fraction of sp³-hybridized carbons (Fsp3) is 0.769. The van der Waals surface area contributed by atoms with Crippen LogP contribution >= 0.6 is 0 Å². The monoisotopic (exact) mass is 239 g/mol. The molecule has 0 aliphatic carbocycles. The summed E-state index contributed by atoms with van der Waals surface area (Å²) in [6, 6.07) is 2.16. The van der Waals surface area contributed by atoms with Gasteiger partial charge in [0.2, 0.25) is 0 Å². The number of hydrogen-bond donors (Lipinski definition) is 1. The third-order valence-corrected chi connectivity index (χ3v) is 2.85. The minimum absolute atomic E-state index is 0.230. The Bertz CT molecular complexity index is 344. The van der Waals surface area contributed by atoms with Crippen molar-refractivity contribution < 1.29 is 4.74 Å². The summed E-state index contributed by atoms with van der Waals surface area (Å²) < 4.78 is 7.00. The molecule has 0 unspecified atom stereocenters. The molecule has 1 heterocycles. The highest BCUT2D eigenvalue weighted by molar-refractivity contribution is 5.10. The van der Waals surface area contributed by atoms with Gasteiger partial charge in [-0.2, -0.15) is 5.10 Å². The molecule has 0 fully saturated rings. The number of methoxy groups -OCH3 is 1. The van der Waals surface area contributed by atoms with E-state index in [-0.39, 0.29) is 5.41 Å². The topological polar surface area (TPSA) is 39.1 Å². The van der Waals surface area contributed by atoms with Crippen LogP contribution in [0.2, 0.25) is 0 Å². The van der Waals surface area contributed by atoms with Crippen LogP contribution in [0.15, 0.2) is 6.07 Å². The Kier molecular flexibility index (Phi) is 5.15.